The summed E-state index contributed by atoms with van der Waals surface area (Å²) >= 11 is 0. The van der Waals surface area contributed by atoms with Crippen LogP contribution in [-0.4, -0.2) is 66.2 Å². The molecule has 2 heterocycles. The van der Waals surface area contributed by atoms with Gasteiger partial charge in [0.1, 0.15) is 0 Å². The van der Waals surface area contributed by atoms with E-state index in [0.717, 1.165) is 19.5 Å². The van der Waals surface area contributed by atoms with Gasteiger partial charge in [0.15, 0.2) is 0 Å². The first-order valence-electron chi connectivity index (χ1n) is 7.51. The Labute approximate surface area is 126 Å². The number of piperidine rings is 1. The number of ether oxygens (including phenoxy) is 1. The fraction of sp³-hybridized carbons (Fsp3) is 0.786. The van der Waals surface area contributed by atoms with E-state index in [1.807, 2.05) is 13.8 Å². The lowest BCUT2D eigenvalue weighted by Crippen LogP contribution is -2.45. The van der Waals surface area contributed by atoms with Crippen LogP contribution < -0.4 is 15.0 Å². The summed E-state index contributed by atoms with van der Waals surface area (Å²) in [5, 5.41) is 2.97. The molecule has 1 saturated heterocycles. The largest absolute Gasteiger partial charge is 0.461 e. The average Bonchev–Trinajstić information content (AvgIpc) is 2.46. The topological polar surface area (TPSA) is 66.4 Å². The maximum atomic E-state index is 5.62. The number of hydrogen-bond donors (Lipinski definition) is 1. The van der Waals surface area contributed by atoms with E-state index >= 15 is 0 Å². The van der Waals surface area contributed by atoms with Crippen molar-refractivity contribution >= 4 is 11.9 Å². The van der Waals surface area contributed by atoms with Crippen molar-refractivity contribution in [3.05, 3.63) is 0 Å². The van der Waals surface area contributed by atoms with Gasteiger partial charge in [0.2, 0.25) is 11.9 Å². The molecule has 1 aromatic heterocycles. The SMILES string of the molecule is CNc1nc(OC(C)C)nc(N2CCCC(N(C)C)C2)n1. The molecular weight excluding hydrogens is 268 g/mol. The summed E-state index contributed by atoms with van der Waals surface area (Å²) in [4.78, 5) is 17.7. The van der Waals surface area contributed by atoms with Gasteiger partial charge in [0, 0.05) is 26.2 Å². The quantitative estimate of drug-likeness (QED) is 0.876. The molecule has 0 spiro atoms. The summed E-state index contributed by atoms with van der Waals surface area (Å²) in [5.74, 6) is 1.24. The lowest BCUT2D eigenvalue weighted by molar-refractivity contribution is 0.221. The number of anilines is 2. The van der Waals surface area contributed by atoms with Gasteiger partial charge < -0.3 is 19.9 Å². The molecule has 0 radical (unpaired) electrons. The zero-order valence-electron chi connectivity index (χ0n) is 13.6. The number of rotatable bonds is 5. The molecule has 0 aromatic carbocycles. The Morgan fingerprint density at radius 3 is 2.67 bits per heavy atom. The number of likely N-dealkylation sites (N-methyl/N-ethyl adjacent to an activating group) is 1. The Balaban J connectivity index is 2.21. The maximum absolute atomic E-state index is 5.62. The van der Waals surface area contributed by atoms with Crippen molar-refractivity contribution < 1.29 is 4.74 Å². The highest BCUT2D eigenvalue weighted by molar-refractivity contribution is 5.38. The molecule has 7 nitrogen and oxygen atoms in total. The minimum atomic E-state index is 0.0424. The first-order valence-corrected chi connectivity index (χ1v) is 7.51. The van der Waals surface area contributed by atoms with Gasteiger partial charge in [-0.15, -0.1) is 0 Å². The molecule has 1 fully saturated rings. The van der Waals surface area contributed by atoms with Crippen LogP contribution in [0.4, 0.5) is 11.9 Å². The molecule has 2 rings (SSSR count). The van der Waals surface area contributed by atoms with Crippen LogP contribution >= 0.6 is 0 Å². The summed E-state index contributed by atoms with van der Waals surface area (Å²) < 4.78 is 5.62. The maximum Gasteiger partial charge on any atom is 0.323 e. The van der Waals surface area contributed by atoms with Crippen molar-refractivity contribution in [2.45, 2.75) is 38.8 Å². The molecule has 21 heavy (non-hydrogen) atoms. The zero-order valence-corrected chi connectivity index (χ0v) is 13.6. The van der Waals surface area contributed by atoms with Gasteiger partial charge in [-0.1, -0.05) is 0 Å². The average molecular weight is 294 g/mol. The first kappa shape index (κ1) is 15.8. The molecule has 1 N–H and O–H groups in total. The molecule has 118 valence electrons. The van der Waals surface area contributed by atoms with Crippen molar-refractivity contribution in [2.75, 3.05) is 44.4 Å². The van der Waals surface area contributed by atoms with Crippen molar-refractivity contribution in [3.8, 4) is 6.01 Å². The van der Waals surface area contributed by atoms with Crippen LogP contribution in [0.5, 0.6) is 6.01 Å². The Morgan fingerprint density at radius 1 is 1.29 bits per heavy atom. The lowest BCUT2D eigenvalue weighted by atomic mass is 10.1. The van der Waals surface area contributed by atoms with Gasteiger partial charge in [0.25, 0.3) is 0 Å². The third-order valence-electron chi connectivity index (χ3n) is 3.58. The summed E-state index contributed by atoms with van der Waals surface area (Å²) in [6, 6.07) is 0.911. The normalized spacial score (nSPS) is 19.2. The Bertz CT molecular complexity index is 465. The predicted octanol–water partition coefficient (Wildman–Crippen LogP) is 1.23. The van der Waals surface area contributed by atoms with Crippen LogP contribution in [-0.2, 0) is 0 Å². The summed E-state index contributed by atoms with van der Waals surface area (Å²) in [5.41, 5.74) is 0. The highest BCUT2D eigenvalue weighted by Gasteiger charge is 2.24. The molecule has 1 aromatic rings. The molecule has 1 aliphatic heterocycles. The summed E-state index contributed by atoms with van der Waals surface area (Å²) in [6.07, 6.45) is 2.40. The molecule has 0 aliphatic carbocycles. The monoisotopic (exact) mass is 294 g/mol. The van der Waals surface area contributed by atoms with Gasteiger partial charge in [-0.2, -0.15) is 15.0 Å². The van der Waals surface area contributed by atoms with Crippen LogP contribution in [0, 0.1) is 0 Å². The van der Waals surface area contributed by atoms with Crippen LogP contribution in [0.1, 0.15) is 26.7 Å². The minimum Gasteiger partial charge on any atom is -0.461 e. The minimum absolute atomic E-state index is 0.0424. The van der Waals surface area contributed by atoms with Gasteiger partial charge in [-0.3, -0.25) is 0 Å². The van der Waals surface area contributed by atoms with Crippen LogP contribution in [0.3, 0.4) is 0 Å². The second kappa shape index (κ2) is 6.89. The van der Waals surface area contributed by atoms with Gasteiger partial charge in [-0.05, 0) is 40.8 Å². The fourth-order valence-electron chi connectivity index (χ4n) is 2.42. The van der Waals surface area contributed by atoms with E-state index in [1.54, 1.807) is 7.05 Å². The van der Waals surface area contributed by atoms with Gasteiger partial charge >= 0.3 is 6.01 Å². The molecule has 7 heteroatoms. The van der Waals surface area contributed by atoms with Crippen LogP contribution in [0.25, 0.3) is 0 Å². The Morgan fingerprint density at radius 2 is 2.05 bits per heavy atom. The summed E-state index contributed by atoms with van der Waals surface area (Å²) in [6.45, 7) is 5.83. The van der Waals surface area contributed by atoms with E-state index in [0.29, 0.717) is 23.9 Å². The number of nitrogens with one attached hydrogen (secondary N) is 1. The van der Waals surface area contributed by atoms with Crippen LogP contribution in [0.15, 0.2) is 0 Å². The molecule has 1 unspecified atom stereocenters. The highest BCUT2D eigenvalue weighted by atomic mass is 16.5. The number of aromatic nitrogens is 3. The molecule has 1 atom stereocenters. The Kier molecular flexibility index (Phi) is 5.17. The van der Waals surface area contributed by atoms with E-state index in [4.69, 9.17) is 4.74 Å². The standard InChI is InChI=1S/C14H26N6O/c1-10(2)21-14-17-12(15-3)16-13(18-14)20-8-6-7-11(9-20)19(4)5/h10-11H,6-9H2,1-5H3,(H,15,16,17,18). The van der Waals surface area contributed by atoms with Crippen molar-refractivity contribution in [3.63, 3.8) is 0 Å². The molecular formula is C14H26N6O. The molecule has 1 aliphatic rings. The number of hydrogen-bond acceptors (Lipinski definition) is 7. The fourth-order valence-corrected chi connectivity index (χ4v) is 2.42. The van der Waals surface area contributed by atoms with Crippen molar-refractivity contribution in [2.24, 2.45) is 0 Å². The van der Waals surface area contributed by atoms with Gasteiger partial charge in [0.05, 0.1) is 6.10 Å². The molecule has 0 amide bonds. The molecule has 0 bridgehead atoms. The van der Waals surface area contributed by atoms with E-state index in [2.05, 4.69) is 44.2 Å². The highest BCUT2D eigenvalue weighted by Crippen LogP contribution is 2.21. The van der Waals surface area contributed by atoms with E-state index in [1.165, 1.54) is 6.42 Å². The second-order valence-corrected chi connectivity index (χ2v) is 5.86. The third-order valence-corrected chi connectivity index (χ3v) is 3.58. The van der Waals surface area contributed by atoms with Crippen molar-refractivity contribution in [1.82, 2.24) is 19.9 Å². The summed E-state index contributed by atoms with van der Waals surface area (Å²) in [7, 11) is 6.04. The van der Waals surface area contributed by atoms with Crippen molar-refractivity contribution in [1.29, 1.82) is 0 Å². The van der Waals surface area contributed by atoms with E-state index in [-0.39, 0.29) is 6.10 Å². The van der Waals surface area contributed by atoms with Crippen LogP contribution in [0.2, 0.25) is 0 Å². The lowest BCUT2D eigenvalue weighted by Gasteiger charge is -2.36. The first-order chi connectivity index (χ1) is 9.99. The smallest absolute Gasteiger partial charge is 0.323 e. The Hall–Kier alpha value is -1.63. The van der Waals surface area contributed by atoms with Gasteiger partial charge in [-0.25, -0.2) is 0 Å². The van der Waals surface area contributed by atoms with E-state index in [9.17, 15) is 0 Å². The third kappa shape index (κ3) is 4.17. The zero-order chi connectivity index (χ0) is 15.4. The second-order valence-electron chi connectivity index (χ2n) is 5.86. The molecule has 0 saturated carbocycles. The predicted molar refractivity (Wildman–Crippen MR) is 84.1 cm³/mol. The number of nitrogens with zero attached hydrogens (tertiary/aromatic N) is 5. The van der Waals surface area contributed by atoms with E-state index < -0.39 is 0 Å².